The molecule has 0 atom stereocenters. The number of carboxylic acid groups (broad SMARTS) is 1. The van der Waals surface area contributed by atoms with Crippen LogP contribution < -0.4 is 10.1 Å². The molecule has 5 heteroatoms. The lowest BCUT2D eigenvalue weighted by molar-refractivity contribution is -0.136. The third-order valence-corrected chi connectivity index (χ3v) is 2.70. The minimum atomic E-state index is -0.931. The zero-order valence-electron chi connectivity index (χ0n) is 11.9. The summed E-state index contributed by atoms with van der Waals surface area (Å²) < 4.78 is 5.55. The molecule has 1 aromatic carbocycles. The predicted molar refractivity (Wildman–Crippen MR) is 76.0 cm³/mol. The second-order valence-corrected chi connectivity index (χ2v) is 4.96. The van der Waals surface area contributed by atoms with E-state index in [-0.39, 0.29) is 18.9 Å². The van der Waals surface area contributed by atoms with Gasteiger partial charge in [0.05, 0.1) is 13.0 Å². The fraction of sp³-hybridized carbons (Fsp3) is 0.467. The van der Waals surface area contributed by atoms with Crippen LogP contribution in [-0.4, -0.2) is 30.1 Å². The molecule has 1 aromatic rings. The van der Waals surface area contributed by atoms with Crippen molar-refractivity contribution in [3.63, 3.8) is 0 Å². The molecule has 0 fully saturated rings. The average Bonchev–Trinajstić information content (AvgIpc) is 2.38. The lowest BCUT2D eigenvalue weighted by Crippen LogP contribution is -2.25. The van der Waals surface area contributed by atoms with E-state index >= 15 is 0 Å². The number of carboxylic acids is 1. The number of carbonyl (C=O) groups excluding carboxylic acids is 1. The Morgan fingerprint density at radius 1 is 1.25 bits per heavy atom. The molecule has 110 valence electrons. The highest BCUT2D eigenvalue weighted by Gasteiger charge is 2.06. The van der Waals surface area contributed by atoms with Gasteiger partial charge in [0.1, 0.15) is 5.75 Å². The van der Waals surface area contributed by atoms with Gasteiger partial charge in [-0.2, -0.15) is 0 Å². The first kappa shape index (κ1) is 16.0. The van der Waals surface area contributed by atoms with Crippen LogP contribution in [0.3, 0.4) is 0 Å². The van der Waals surface area contributed by atoms with Gasteiger partial charge in [0, 0.05) is 12.1 Å². The zero-order chi connectivity index (χ0) is 15.0. The summed E-state index contributed by atoms with van der Waals surface area (Å²) in [6, 6.07) is 6.82. The smallest absolute Gasteiger partial charge is 0.305 e. The third-order valence-electron chi connectivity index (χ3n) is 2.70. The van der Waals surface area contributed by atoms with E-state index in [1.165, 1.54) is 0 Å². The van der Waals surface area contributed by atoms with Crippen LogP contribution in [0.4, 0.5) is 0 Å². The number of carbonyl (C=O) groups is 2. The molecule has 0 bridgehead atoms. The van der Waals surface area contributed by atoms with Gasteiger partial charge in [-0.3, -0.25) is 9.59 Å². The first-order valence-corrected chi connectivity index (χ1v) is 6.72. The van der Waals surface area contributed by atoms with Crippen molar-refractivity contribution in [1.29, 1.82) is 0 Å². The highest BCUT2D eigenvalue weighted by atomic mass is 16.5. The van der Waals surface area contributed by atoms with Crippen LogP contribution in [0, 0.1) is 5.92 Å². The number of aliphatic carboxylic acids is 1. The Bertz CT molecular complexity index is 440. The summed E-state index contributed by atoms with van der Waals surface area (Å²) in [5.41, 5.74) is 0.492. The molecule has 0 saturated heterocycles. The summed E-state index contributed by atoms with van der Waals surface area (Å²) in [6.45, 7) is 5.05. The maximum absolute atomic E-state index is 11.7. The maximum atomic E-state index is 11.7. The number of amides is 1. The molecule has 20 heavy (non-hydrogen) atoms. The van der Waals surface area contributed by atoms with Gasteiger partial charge in [-0.05, 0) is 36.6 Å². The number of hydrogen-bond acceptors (Lipinski definition) is 3. The molecule has 0 spiro atoms. The van der Waals surface area contributed by atoms with Crippen molar-refractivity contribution in [2.24, 2.45) is 5.92 Å². The van der Waals surface area contributed by atoms with Crippen molar-refractivity contribution in [2.75, 3.05) is 13.2 Å². The van der Waals surface area contributed by atoms with Crippen molar-refractivity contribution in [1.82, 2.24) is 5.32 Å². The average molecular weight is 279 g/mol. The third kappa shape index (κ3) is 6.22. The van der Waals surface area contributed by atoms with E-state index in [9.17, 15) is 9.59 Å². The van der Waals surface area contributed by atoms with Gasteiger partial charge >= 0.3 is 5.97 Å². The predicted octanol–water partition coefficient (Wildman–Crippen LogP) is 2.32. The summed E-state index contributed by atoms with van der Waals surface area (Å²) in [5.74, 6) is 0.112. The molecule has 0 aliphatic rings. The van der Waals surface area contributed by atoms with Crippen LogP contribution in [0.2, 0.25) is 0 Å². The van der Waals surface area contributed by atoms with E-state index in [2.05, 4.69) is 19.2 Å². The Balaban J connectivity index is 2.41. The molecular weight excluding hydrogens is 258 g/mol. The summed E-state index contributed by atoms with van der Waals surface area (Å²) in [5, 5.41) is 11.0. The number of ether oxygens (including phenoxy) is 1. The van der Waals surface area contributed by atoms with E-state index in [4.69, 9.17) is 9.84 Å². The van der Waals surface area contributed by atoms with E-state index in [0.717, 1.165) is 12.2 Å². The number of rotatable bonds is 8. The monoisotopic (exact) mass is 279 g/mol. The molecule has 5 nitrogen and oxygen atoms in total. The summed E-state index contributed by atoms with van der Waals surface area (Å²) in [4.78, 5) is 22.0. The quantitative estimate of drug-likeness (QED) is 0.765. The Morgan fingerprint density at radius 2 is 1.90 bits per heavy atom. The Hall–Kier alpha value is -2.04. The van der Waals surface area contributed by atoms with Gasteiger partial charge in [0.15, 0.2) is 0 Å². The van der Waals surface area contributed by atoms with E-state index in [1.54, 1.807) is 24.3 Å². The molecule has 1 amide bonds. The first-order chi connectivity index (χ1) is 9.49. The minimum Gasteiger partial charge on any atom is -0.494 e. The Labute approximate surface area is 118 Å². The van der Waals surface area contributed by atoms with Gasteiger partial charge in [-0.25, -0.2) is 0 Å². The Kier molecular flexibility index (Phi) is 6.56. The summed E-state index contributed by atoms with van der Waals surface area (Å²) in [7, 11) is 0. The van der Waals surface area contributed by atoms with E-state index in [0.29, 0.717) is 18.1 Å². The summed E-state index contributed by atoms with van der Waals surface area (Å²) in [6.07, 6.45) is 0.902. The standard InChI is InChI=1S/C15H21NO4/c1-11(2)8-10-20-13-5-3-12(4-6-13)15(19)16-9-7-14(17)18/h3-6,11H,7-10H2,1-2H3,(H,16,19)(H,17,18). The molecular formula is C15H21NO4. The SMILES string of the molecule is CC(C)CCOc1ccc(C(=O)NCCC(=O)O)cc1. The lowest BCUT2D eigenvalue weighted by atomic mass is 10.1. The van der Waals surface area contributed by atoms with Crippen molar-refractivity contribution >= 4 is 11.9 Å². The summed E-state index contributed by atoms with van der Waals surface area (Å²) >= 11 is 0. The fourth-order valence-corrected chi connectivity index (χ4v) is 1.50. The zero-order valence-corrected chi connectivity index (χ0v) is 11.9. The molecule has 2 N–H and O–H groups in total. The highest BCUT2D eigenvalue weighted by Crippen LogP contribution is 2.13. The highest BCUT2D eigenvalue weighted by molar-refractivity contribution is 5.94. The van der Waals surface area contributed by atoms with Gasteiger partial charge in [0.25, 0.3) is 5.91 Å². The van der Waals surface area contributed by atoms with Crippen LogP contribution in [-0.2, 0) is 4.79 Å². The van der Waals surface area contributed by atoms with Crippen LogP contribution in [0.15, 0.2) is 24.3 Å². The van der Waals surface area contributed by atoms with Crippen LogP contribution in [0.25, 0.3) is 0 Å². The molecule has 1 rings (SSSR count). The van der Waals surface area contributed by atoms with Crippen molar-refractivity contribution in [3.8, 4) is 5.75 Å². The second-order valence-electron chi connectivity index (χ2n) is 4.96. The number of nitrogens with one attached hydrogen (secondary N) is 1. The molecule has 0 aromatic heterocycles. The fourth-order valence-electron chi connectivity index (χ4n) is 1.50. The van der Waals surface area contributed by atoms with E-state index in [1.807, 2.05) is 0 Å². The van der Waals surface area contributed by atoms with Crippen molar-refractivity contribution in [3.05, 3.63) is 29.8 Å². The molecule has 0 unspecified atom stereocenters. The molecule has 0 aliphatic heterocycles. The Morgan fingerprint density at radius 3 is 2.45 bits per heavy atom. The molecule has 0 heterocycles. The normalized spacial score (nSPS) is 10.3. The van der Waals surface area contributed by atoms with Crippen LogP contribution >= 0.6 is 0 Å². The van der Waals surface area contributed by atoms with Gasteiger partial charge < -0.3 is 15.2 Å². The first-order valence-electron chi connectivity index (χ1n) is 6.72. The number of benzene rings is 1. The molecule has 0 saturated carbocycles. The maximum Gasteiger partial charge on any atom is 0.305 e. The van der Waals surface area contributed by atoms with Crippen LogP contribution in [0.1, 0.15) is 37.0 Å². The second kappa shape index (κ2) is 8.19. The molecule has 0 radical (unpaired) electrons. The molecule has 0 aliphatic carbocycles. The van der Waals surface area contributed by atoms with Crippen LogP contribution in [0.5, 0.6) is 5.75 Å². The topological polar surface area (TPSA) is 75.6 Å². The number of hydrogen-bond donors (Lipinski definition) is 2. The van der Waals surface area contributed by atoms with Crippen molar-refractivity contribution in [2.45, 2.75) is 26.7 Å². The van der Waals surface area contributed by atoms with E-state index < -0.39 is 5.97 Å². The van der Waals surface area contributed by atoms with Crippen molar-refractivity contribution < 1.29 is 19.4 Å². The van der Waals surface area contributed by atoms with Gasteiger partial charge in [-0.1, -0.05) is 13.8 Å². The van der Waals surface area contributed by atoms with Gasteiger partial charge in [0.2, 0.25) is 0 Å². The largest absolute Gasteiger partial charge is 0.494 e. The lowest BCUT2D eigenvalue weighted by Gasteiger charge is -2.09. The van der Waals surface area contributed by atoms with Gasteiger partial charge in [-0.15, -0.1) is 0 Å². The minimum absolute atomic E-state index is 0.0812.